The molecule has 0 radical (unpaired) electrons. The van der Waals surface area contributed by atoms with Crippen molar-refractivity contribution in [2.24, 2.45) is 5.92 Å². The zero-order valence-corrected chi connectivity index (χ0v) is 11.9. The largest absolute Gasteiger partial charge is 0.508 e. The van der Waals surface area contributed by atoms with E-state index in [0.29, 0.717) is 11.8 Å². The van der Waals surface area contributed by atoms with E-state index in [0.717, 1.165) is 18.9 Å². The van der Waals surface area contributed by atoms with Crippen molar-refractivity contribution >= 4 is 0 Å². The number of nitrogens with one attached hydrogen (secondary N) is 1. The van der Waals surface area contributed by atoms with Crippen LogP contribution in [0.3, 0.4) is 0 Å². The summed E-state index contributed by atoms with van der Waals surface area (Å²) in [6, 6.07) is 8.18. The van der Waals surface area contributed by atoms with Gasteiger partial charge in [-0.05, 0) is 55.8 Å². The van der Waals surface area contributed by atoms with E-state index in [1.54, 1.807) is 12.1 Å². The van der Waals surface area contributed by atoms with E-state index >= 15 is 0 Å². The number of hydrogen-bond acceptors (Lipinski definition) is 2. The van der Waals surface area contributed by atoms with Gasteiger partial charge in [0.25, 0.3) is 0 Å². The Morgan fingerprint density at radius 3 is 2.39 bits per heavy atom. The molecule has 1 unspecified atom stereocenters. The van der Waals surface area contributed by atoms with Crippen LogP contribution in [0.4, 0.5) is 0 Å². The molecular formula is C16H27NO. The first-order valence-corrected chi connectivity index (χ1v) is 7.13. The molecule has 2 heteroatoms. The van der Waals surface area contributed by atoms with Gasteiger partial charge in [-0.1, -0.05) is 32.9 Å². The van der Waals surface area contributed by atoms with E-state index in [-0.39, 0.29) is 0 Å². The normalized spacial score (nSPS) is 12.9. The fourth-order valence-electron chi connectivity index (χ4n) is 2.22. The van der Waals surface area contributed by atoms with E-state index in [4.69, 9.17) is 0 Å². The Morgan fingerprint density at radius 1 is 1.17 bits per heavy atom. The summed E-state index contributed by atoms with van der Waals surface area (Å²) in [5.41, 5.74) is 1.31. The fourth-order valence-corrected chi connectivity index (χ4v) is 2.22. The van der Waals surface area contributed by atoms with Crippen LogP contribution in [-0.4, -0.2) is 17.7 Å². The van der Waals surface area contributed by atoms with E-state index in [1.165, 1.54) is 24.8 Å². The van der Waals surface area contributed by atoms with Crippen molar-refractivity contribution in [3.63, 3.8) is 0 Å². The number of phenolic OH excluding ortho intramolecular Hbond substituents is 1. The predicted octanol–water partition coefficient (Wildman–Crippen LogP) is 3.74. The minimum absolute atomic E-state index is 0.349. The molecule has 0 amide bonds. The Balaban J connectivity index is 2.42. The van der Waals surface area contributed by atoms with Crippen LogP contribution in [0.1, 0.15) is 45.6 Å². The predicted molar refractivity (Wildman–Crippen MR) is 78.0 cm³/mol. The molecule has 1 aromatic rings. The van der Waals surface area contributed by atoms with Crippen molar-refractivity contribution in [2.45, 2.75) is 52.5 Å². The van der Waals surface area contributed by atoms with Gasteiger partial charge < -0.3 is 10.4 Å². The molecule has 102 valence electrons. The Hall–Kier alpha value is -1.02. The number of benzene rings is 1. The number of aryl methyl sites for hydroxylation is 1. The smallest absolute Gasteiger partial charge is 0.115 e. The summed E-state index contributed by atoms with van der Waals surface area (Å²) in [6.45, 7) is 7.87. The quantitative estimate of drug-likeness (QED) is 0.735. The lowest BCUT2D eigenvalue weighted by Gasteiger charge is -2.20. The molecule has 2 nitrogen and oxygen atoms in total. The second-order valence-corrected chi connectivity index (χ2v) is 5.49. The van der Waals surface area contributed by atoms with Gasteiger partial charge in [0.05, 0.1) is 0 Å². The Labute approximate surface area is 111 Å². The van der Waals surface area contributed by atoms with Gasteiger partial charge in [-0.15, -0.1) is 0 Å². The van der Waals surface area contributed by atoms with E-state index in [2.05, 4.69) is 26.1 Å². The van der Waals surface area contributed by atoms with E-state index in [9.17, 15) is 5.11 Å². The monoisotopic (exact) mass is 249 g/mol. The van der Waals surface area contributed by atoms with Crippen molar-refractivity contribution in [3.8, 4) is 5.75 Å². The lowest BCUT2D eigenvalue weighted by molar-refractivity contribution is 0.398. The van der Waals surface area contributed by atoms with Gasteiger partial charge in [0.1, 0.15) is 5.75 Å². The zero-order chi connectivity index (χ0) is 13.4. The molecule has 0 spiro atoms. The van der Waals surface area contributed by atoms with Gasteiger partial charge in [0, 0.05) is 6.04 Å². The molecule has 2 N–H and O–H groups in total. The number of rotatable bonds is 8. The van der Waals surface area contributed by atoms with Crippen LogP contribution < -0.4 is 5.32 Å². The number of aromatic hydroxyl groups is 1. The summed E-state index contributed by atoms with van der Waals surface area (Å²) in [7, 11) is 0. The standard InChI is InChI=1S/C16H27NO/c1-4-11-17-15(12-13(2)3)8-5-14-6-9-16(18)10-7-14/h6-7,9-10,13,15,17-18H,4-5,8,11-12H2,1-3H3. The highest BCUT2D eigenvalue weighted by Gasteiger charge is 2.10. The first kappa shape index (κ1) is 15.0. The molecule has 0 aliphatic carbocycles. The summed E-state index contributed by atoms with van der Waals surface area (Å²) in [4.78, 5) is 0. The van der Waals surface area contributed by atoms with Crippen molar-refractivity contribution < 1.29 is 5.11 Å². The van der Waals surface area contributed by atoms with Crippen molar-refractivity contribution in [1.82, 2.24) is 5.32 Å². The van der Waals surface area contributed by atoms with Gasteiger partial charge in [-0.2, -0.15) is 0 Å². The zero-order valence-electron chi connectivity index (χ0n) is 11.9. The lowest BCUT2D eigenvalue weighted by Crippen LogP contribution is -2.31. The van der Waals surface area contributed by atoms with E-state index in [1.807, 2.05) is 12.1 Å². The summed E-state index contributed by atoms with van der Waals surface area (Å²) >= 11 is 0. The van der Waals surface area contributed by atoms with Crippen LogP contribution in [0, 0.1) is 5.92 Å². The van der Waals surface area contributed by atoms with E-state index < -0.39 is 0 Å². The van der Waals surface area contributed by atoms with Crippen LogP contribution in [-0.2, 0) is 6.42 Å². The van der Waals surface area contributed by atoms with Crippen LogP contribution >= 0.6 is 0 Å². The van der Waals surface area contributed by atoms with Gasteiger partial charge in [-0.25, -0.2) is 0 Å². The maximum Gasteiger partial charge on any atom is 0.115 e. The molecule has 0 aliphatic heterocycles. The van der Waals surface area contributed by atoms with Gasteiger partial charge >= 0.3 is 0 Å². The minimum atomic E-state index is 0.349. The average molecular weight is 249 g/mol. The third kappa shape index (κ3) is 6.06. The molecule has 1 aromatic carbocycles. The molecule has 1 atom stereocenters. The fraction of sp³-hybridized carbons (Fsp3) is 0.625. The first-order valence-electron chi connectivity index (χ1n) is 7.13. The molecule has 0 saturated heterocycles. The molecule has 0 aliphatic rings. The lowest BCUT2D eigenvalue weighted by atomic mass is 9.97. The minimum Gasteiger partial charge on any atom is -0.508 e. The summed E-state index contributed by atoms with van der Waals surface area (Å²) < 4.78 is 0. The van der Waals surface area contributed by atoms with Crippen molar-refractivity contribution in [1.29, 1.82) is 0 Å². The molecule has 0 bridgehead atoms. The molecular weight excluding hydrogens is 222 g/mol. The number of hydrogen-bond donors (Lipinski definition) is 2. The second-order valence-electron chi connectivity index (χ2n) is 5.49. The molecule has 1 rings (SSSR count). The van der Waals surface area contributed by atoms with Gasteiger partial charge in [0.15, 0.2) is 0 Å². The summed E-state index contributed by atoms with van der Waals surface area (Å²) in [5, 5.41) is 12.9. The summed E-state index contributed by atoms with van der Waals surface area (Å²) in [6.07, 6.45) is 4.67. The Kier molecular flexibility index (Phi) is 6.81. The average Bonchev–Trinajstić information content (AvgIpc) is 2.34. The maximum atomic E-state index is 9.26. The third-order valence-corrected chi connectivity index (χ3v) is 3.16. The number of phenols is 1. The van der Waals surface area contributed by atoms with Crippen LogP contribution in [0.15, 0.2) is 24.3 Å². The highest BCUT2D eigenvalue weighted by molar-refractivity contribution is 5.25. The molecule has 0 aromatic heterocycles. The van der Waals surface area contributed by atoms with Gasteiger partial charge in [0.2, 0.25) is 0 Å². The van der Waals surface area contributed by atoms with Crippen molar-refractivity contribution in [2.75, 3.05) is 6.54 Å². The van der Waals surface area contributed by atoms with Crippen LogP contribution in [0.5, 0.6) is 5.75 Å². The summed E-state index contributed by atoms with van der Waals surface area (Å²) in [5.74, 6) is 1.08. The Bertz CT molecular complexity index is 318. The maximum absolute atomic E-state index is 9.26. The highest BCUT2D eigenvalue weighted by Crippen LogP contribution is 2.14. The second kappa shape index (κ2) is 8.15. The molecule has 0 fully saturated rings. The van der Waals surface area contributed by atoms with Crippen LogP contribution in [0.2, 0.25) is 0 Å². The molecule has 0 heterocycles. The topological polar surface area (TPSA) is 32.3 Å². The SMILES string of the molecule is CCCNC(CCc1ccc(O)cc1)CC(C)C. The van der Waals surface area contributed by atoms with Gasteiger partial charge in [-0.3, -0.25) is 0 Å². The molecule has 18 heavy (non-hydrogen) atoms. The third-order valence-electron chi connectivity index (χ3n) is 3.16. The highest BCUT2D eigenvalue weighted by atomic mass is 16.3. The molecule has 0 saturated carbocycles. The first-order chi connectivity index (χ1) is 8.61. The van der Waals surface area contributed by atoms with Crippen molar-refractivity contribution in [3.05, 3.63) is 29.8 Å². The van der Waals surface area contributed by atoms with Crippen LogP contribution in [0.25, 0.3) is 0 Å². The Morgan fingerprint density at radius 2 is 1.83 bits per heavy atom.